The molecule has 0 aliphatic heterocycles. The monoisotopic (exact) mass is 320 g/mol. The number of halogens is 2. The van der Waals surface area contributed by atoms with Crippen LogP contribution >= 0.6 is 11.6 Å². The van der Waals surface area contributed by atoms with Crippen molar-refractivity contribution in [2.24, 2.45) is 0 Å². The smallest absolute Gasteiger partial charge is 0.314 e. The molecule has 0 aliphatic carbocycles. The predicted octanol–water partition coefficient (Wildman–Crippen LogP) is 3.56. The zero-order valence-corrected chi connectivity index (χ0v) is 12.9. The van der Waals surface area contributed by atoms with Crippen molar-refractivity contribution in [2.45, 2.75) is 12.8 Å². The number of rotatable bonds is 6. The number of hydrogen-bond donors (Lipinski definition) is 2. The second-order valence-electron chi connectivity index (χ2n) is 4.90. The highest BCUT2D eigenvalue weighted by Crippen LogP contribution is 2.10. The summed E-state index contributed by atoms with van der Waals surface area (Å²) in [5.41, 5.74) is 1.67. The van der Waals surface area contributed by atoms with Crippen molar-refractivity contribution in [2.75, 3.05) is 13.1 Å². The normalized spacial score (nSPS) is 10.3. The van der Waals surface area contributed by atoms with Crippen molar-refractivity contribution in [1.29, 1.82) is 0 Å². The maximum atomic E-state index is 13.4. The van der Waals surface area contributed by atoms with E-state index in [1.165, 1.54) is 6.07 Å². The lowest BCUT2D eigenvalue weighted by Crippen LogP contribution is -2.37. The summed E-state index contributed by atoms with van der Waals surface area (Å²) in [6, 6.07) is 13.8. The summed E-state index contributed by atoms with van der Waals surface area (Å²) >= 11 is 5.90. The van der Waals surface area contributed by atoms with Crippen LogP contribution in [-0.2, 0) is 12.8 Å². The molecule has 0 unspecified atom stereocenters. The molecule has 5 heteroatoms. The SMILES string of the molecule is O=C(NCCc1cccc(Cl)c1)NCCc1ccccc1F. The van der Waals surface area contributed by atoms with Crippen LogP contribution in [0.25, 0.3) is 0 Å². The topological polar surface area (TPSA) is 41.1 Å². The highest BCUT2D eigenvalue weighted by Gasteiger charge is 2.03. The Balaban J connectivity index is 1.65. The van der Waals surface area contributed by atoms with Gasteiger partial charge < -0.3 is 10.6 Å². The number of carbonyl (C=O) groups excluding carboxylic acids is 1. The lowest BCUT2D eigenvalue weighted by Gasteiger charge is -2.08. The highest BCUT2D eigenvalue weighted by atomic mass is 35.5. The molecule has 2 N–H and O–H groups in total. The Bertz CT molecular complexity index is 634. The lowest BCUT2D eigenvalue weighted by atomic mass is 10.1. The molecule has 0 saturated heterocycles. The molecular weight excluding hydrogens is 303 g/mol. The molecule has 2 rings (SSSR count). The van der Waals surface area contributed by atoms with Gasteiger partial charge in [-0.05, 0) is 42.2 Å². The minimum absolute atomic E-state index is 0.245. The first-order valence-corrected chi connectivity index (χ1v) is 7.52. The van der Waals surface area contributed by atoms with E-state index >= 15 is 0 Å². The van der Waals surface area contributed by atoms with Crippen molar-refractivity contribution in [3.63, 3.8) is 0 Å². The number of urea groups is 1. The van der Waals surface area contributed by atoms with Gasteiger partial charge in [0.1, 0.15) is 5.82 Å². The predicted molar refractivity (Wildman–Crippen MR) is 86.7 cm³/mol. The Hall–Kier alpha value is -2.07. The van der Waals surface area contributed by atoms with Crippen LogP contribution in [0.3, 0.4) is 0 Å². The summed E-state index contributed by atoms with van der Waals surface area (Å²) < 4.78 is 13.4. The first kappa shape index (κ1) is 16.3. The summed E-state index contributed by atoms with van der Waals surface area (Å²) in [5, 5.41) is 6.16. The molecule has 0 fully saturated rings. The summed E-state index contributed by atoms with van der Waals surface area (Å²) in [6.45, 7) is 0.913. The number of nitrogens with one attached hydrogen (secondary N) is 2. The summed E-state index contributed by atoms with van der Waals surface area (Å²) in [7, 11) is 0. The van der Waals surface area contributed by atoms with Crippen LogP contribution in [0.1, 0.15) is 11.1 Å². The van der Waals surface area contributed by atoms with E-state index in [0.29, 0.717) is 36.5 Å². The molecule has 2 aromatic rings. The van der Waals surface area contributed by atoms with Crippen molar-refractivity contribution in [1.82, 2.24) is 10.6 Å². The van der Waals surface area contributed by atoms with Crippen molar-refractivity contribution in [3.05, 3.63) is 70.5 Å². The van der Waals surface area contributed by atoms with Gasteiger partial charge in [0.2, 0.25) is 0 Å². The van der Waals surface area contributed by atoms with E-state index in [1.807, 2.05) is 24.3 Å². The Labute approximate surface area is 134 Å². The molecule has 0 aromatic heterocycles. The number of hydrogen-bond acceptors (Lipinski definition) is 1. The van der Waals surface area contributed by atoms with Crippen LogP contribution in [-0.4, -0.2) is 19.1 Å². The molecule has 0 radical (unpaired) electrons. The first-order chi connectivity index (χ1) is 10.6. The first-order valence-electron chi connectivity index (χ1n) is 7.15. The average Bonchev–Trinajstić information content (AvgIpc) is 2.49. The molecule has 0 aliphatic rings. The Morgan fingerprint density at radius 2 is 1.73 bits per heavy atom. The third-order valence-corrected chi connectivity index (χ3v) is 3.46. The molecule has 3 nitrogen and oxygen atoms in total. The van der Waals surface area contributed by atoms with E-state index in [4.69, 9.17) is 11.6 Å². The van der Waals surface area contributed by atoms with Crippen LogP contribution in [0.2, 0.25) is 5.02 Å². The fourth-order valence-corrected chi connectivity index (χ4v) is 2.30. The van der Waals surface area contributed by atoms with E-state index in [2.05, 4.69) is 10.6 Å². The van der Waals surface area contributed by atoms with Gasteiger partial charge in [0, 0.05) is 18.1 Å². The van der Waals surface area contributed by atoms with Gasteiger partial charge in [0.25, 0.3) is 0 Å². The summed E-state index contributed by atoms with van der Waals surface area (Å²) in [5.74, 6) is -0.245. The molecule has 2 aromatic carbocycles. The largest absolute Gasteiger partial charge is 0.338 e. The van der Waals surface area contributed by atoms with Crippen LogP contribution in [0, 0.1) is 5.82 Å². The molecule has 0 heterocycles. The average molecular weight is 321 g/mol. The number of amides is 2. The van der Waals surface area contributed by atoms with Gasteiger partial charge >= 0.3 is 6.03 Å². The Kier molecular flexibility index (Phi) is 6.22. The van der Waals surface area contributed by atoms with Gasteiger partial charge in [0.05, 0.1) is 0 Å². The van der Waals surface area contributed by atoms with Crippen LogP contribution in [0.4, 0.5) is 9.18 Å². The Morgan fingerprint density at radius 1 is 1.00 bits per heavy atom. The molecule has 0 atom stereocenters. The standard InChI is InChI=1S/C17H18ClFN2O/c18-15-6-3-4-13(12-15)8-10-20-17(22)21-11-9-14-5-1-2-7-16(14)19/h1-7,12H,8-11H2,(H2,20,21,22). The minimum Gasteiger partial charge on any atom is -0.338 e. The molecule has 116 valence electrons. The molecule has 22 heavy (non-hydrogen) atoms. The maximum Gasteiger partial charge on any atom is 0.314 e. The number of carbonyl (C=O) groups is 1. The van der Waals surface area contributed by atoms with Crippen LogP contribution in [0.5, 0.6) is 0 Å². The highest BCUT2D eigenvalue weighted by molar-refractivity contribution is 6.30. The van der Waals surface area contributed by atoms with Gasteiger partial charge in [0.15, 0.2) is 0 Å². The van der Waals surface area contributed by atoms with E-state index < -0.39 is 0 Å². The van der Waals surface area contributed by atoms with E-state index in [1.54, 1.807) is 18.2 Å². The van der Waals surface area contributed by atoms with Crippen LogP contribution in [0.15, 0.2) is 48.5 Å². The third kappa shape index (κ3) is 5.37. The van der Waals surface area contributed by atoms with Gasteiger partial charge in [-0.1, -0.05) is 41.9 Å². The van der Waals surface area contributed by atoms with E-state index in [0.717, 1.165) is 5.56 Å². The summed E-state index contributed by atoms with van der Waals surface area (Å²) in [6.07, 6.45) is 1.18. The minimum atomic E-state index is -0.252. The van der Waals surface area contributed by atoms with Gasteiger partial charge in [-0.15, -0.1) is 0 Å². The summed E-state index contributed by atoms with van der Waals surface area (Å²) in [4.78, 5) is 11.6. The van der Waals surface area contributed by atoms with Crippen molar-refractivity contribution < 1.29 is 9.18 Å². The number of benzene rings is 2. The van der Waals surface area contributed by atoms with Gasteiger partial charge in [-0.2, -0.15) is 0 Å². The molecule has 0 saturated carbocycles. The zero-order chi connectivity index (χ0) is 15.8. The molecular formula is C17H18ClFN2O. The maximum absolute atomic E-state index is 13.4. The van der Waals surface area contributed by atoms with Crippen molar-refractivity contribution >= 4 is 17.6 Å². The van der Waals surface area contributed by atoms with Crippen LogP contribution < -0.4 is 10.6 Å². The lowest BCUT2D eigenvalue weighted by molar-refractivity contribution is 0.241. The van der Waals surface area contributed by atoms with Gasteiger partial charge in [-0.25, -0.2) is 9.18 Å². The second-order valence-corrected chi connectivity index (χ2v) is 5.34. The molecule has 0 spiro atoms. The second kappa shape index (κ2) is 8.39. The zero-order valence-electron chi connectivity index (χ0n) is 12.1. The Morgan fingerprint density at radius 3 is 2.45 bits per heavy atom. The van der Waals surface area contributed by atoms with Crippen molar-refractivity contribution in [3.8, 4) is 0 Å². The van der Waals surface area contributed by atoms with E-state index in [-0.39, 0.29) is 11.8 Å². The molecule has 2 amide bonds. The third-order valence-electron chi connectivity index (χ3n) is 3.23. The fraction of sp³-hybridized carbons (Fsp3) is 0.235. The van der Waals surface area contributed by atoms with Gasteiger partial charge in [-0.3, -0.25) is 0 Å². The quantitative estimate of drug-likeness (QED) is 0.839. The van der Waals surface area contributed by atoms with E-state index in [9.17, 15) is 9.18 Å². The molecule has 0 bridgehead atoms. The fourth-order valence-electron chi connectivity index (χ4n) is 2.09.